The summed E-state index contributed by atoms with van der Waals surface area (Å²) in [6.07, 6.45) is 3.98. The molecule has 0 aliphatic carbocycles. The maximum absolute atomic E-state index is 6.12. The number of likely N-dealkylation sites (tertiary alicyclic amines) is 1. The van der Waals surface area contributed by atoms with Crippen LogP contribution in [0.1, 0.15) is 63.0 Å². The lowest BCUT2D eigenvalue weighted by atomic mass is 9.84. The van der Waals surface area contributed by atoms with Crippen molar-refractivity contribution in [2.24, 2.45) is 5.73 Å². The third kappa shape index (κ3) is 3.42. The first kappa shape index (κ1) is 15.5. The van der Waals surface area contributed by atoms with Crippen molar-refractivity contribution in [2.75, 3.05) is 19.6 Å². The zero-order valence-corrected chi connectivity index (χ0v) is 13.3. The van der Waals surface area contributed by atoms with Crippen LogP contribution in [-0.4, -0.2) is 30.6 Å². The lowest BCUT2D eigenvalue weighted by Crippen LogP contribution is -2.45. The summed E-state index contributed by atoms with van der Waals surface area (Å²) in [6.45, 7) is 9.90. The van der Waals surface area contributed by atoms with Gasteiger partial charge in [0.25, 0.3) is 0 Å². The normalized spacial score (nSPS) is 22.1. The van der Waals surface area contributed by atoms with E-state index in [1.165, 1.54) is 36.9 Å². The molecule has 1 heterocycles. The maximum atomic E-state index is 6.12. The molecule has 2 N–H and O–H groups in total. The highest BCUT2D eigenvalue weighted by molar-refractivity contribution is 5.28. The van der Waals surface area contributed by atoms with Gasteiger partial charge >= 0.3 is 0 Å². The fourth-order valence-electron chi connectivity index (χ4n) is 3.51. The minimum Gasteiger partial charge on any atom is -0.330 e. The predicted molar refractivity (Wildman–Crippen MR) is 87.2 cm³/mol. The summed E-state index contributed by atoms with van der Waals surface area (Å²) in [7, 11) is 0. The molecule has 1 fully saturated rings. The average molecular weight is 274 g/mol. The minimum absolute atomic E-state index is 0.483. The Morgan fingerprint density at radius 1 is 1.15 bits per heavy atom. The first-order valence-corrected chi connectivity index (χ1v) is 8.21. The van der Waals surface area contributed by atoms with E-state index < -0.39 is 0 Å². The van der Waals surface area contributed by atoms with Crippen LogP contribution in [0, 0.1) is 0 Å². The molecule has 112 valence electrons. The van der Waals surface area contributed by atoms with Crippen LogP contribution in [0.15, 0.2) is 24.3 Å². The van der Waals surface area contributed by atoms with E-state index in [-0.39, 0.29) is 0 Å². The number of nitrogens with zero attached hydrogens (tertiary/aromatic N) is 1. The Hall–Kier alpha value is -0.860. The largest absolute Gasteiger partial charge is 0.330 e. The van der Waals surface area contributed by atoms with Gasteiger partial charge in [0.05, 0.1) is 0 Å². The van der Waals surface area contributed by atoms with E-state index in [0.29, 0.717) is 17.9 Å². The number of rotatable bonds is 5. The third-order valence-electron chi connectivity index (χ3n) is 4.82. The highest BCUT2D eigenvalue weighted by Gasteiger charge is 2.29. The van der Waals surface area contributed by atoms with Crippen molar-refractivity contribution in [1.29, 1.82) is 0 Å². The Balaban J connectivity index is 2.17. The van der Waals surface area contributed by atoms with E-state index in [1.807, 2.05) is 0 Å². The van der Waals surface area contributed by atoms with Crippen molar-refractivity contribution in [3.8, 4) is 0 Å². The molecular formula is C18H30N2. The van der Waals surface area contributed by atoms with Crippen molar-refractivity contribution in [1.82, 2.24) is 4.90 Å². The minimum atomic E-state index is 0.483. The van der Waals surface area contributed by atoms with Crippen LogP contribution in [0.25, 0.3) is 0 Å². The molecule has 0 amide bonds. The standard InChI is InChI=1S/C18H30N2/c1-4-20-12-6-5-7-18(20)17(13-19)16-10-8-15(9-11-16)14(2)3/h8-11,14,17-18H,4-7,12-13,19H2,1-3H3. The fraction of sp³-hybridized carbons (Fsp3) is 0.667. The Labute approximate surface area is 124 Å². The summed E-state index contributed by atoms with van der Waals surface area (Å²) in [5, 5.41) is 0. The summed E-state index contributed by atoms with van der Waals surface area (Å²) in [5.41, 5.74) is 8.96. The van der Waals surface area contributed by atoms with Crippen LogP contribution in [0.4, 0.5) is 0 Å². The van der Waals surface area contributed by atoms with Crippen LogP contribution >= 0.6 is 0 Å². The molecule has 0 spiro atoms. The van der Waals surface area contributed by atoms with Gasteiger partial charge in [0.1, 0.15) is 0 Å². The molecule has 1 saturated heterocycles. The van der Waals surface area contributed by atoms with Crippen LogP contribution in [-0.2, 0) is 0 Å². The van der Waals surface area contributed by atoms with Gasteiger partial charge in [-0.25, -0.2) is 0 Å². The first-order chi connectivity index (χ1) is 9.67. The number of nitrogens with two attached hydrogens (primary N) is 1. The second-order valence-corrected chi connectivity index (χ2v) is 6.36. The van der Waals surface area contributed by atoms with Crippen molar-refractivity contribution in [3.63, 3.8) is 0 Å². The van der Waals surface area contributed by atoms with Gasteiger partial charge in [-0.15, -0.1) is 0 Å². The van der Waals surface area contributed by atoms with Crippen LogP contribution < -0.4 is 5.73 Å². The van der Waals surface area contributed by atoms with Crippen LogP contribution in [0.3, 0.4) is 0 Å². The van der Waals surface area contributed by atoms with E-state index in [0.717, 1.165) is 13.1 Å². The molecule has 1 aliphatic heterocycles. The molecule has 1 aliphatic rings. The van der Waals surface area contributed by atoms with Gasteiger partial charge in [0.15, 0.2) is 0 Å². The van der Waals surface area contributed by atoms with Gasteiger partial charge in [-0.3, -0.25) is 0 Å². The Kier molecular flexibility index (Phi) is 5.62. The number of likely N-dealkylation sites (N-methyl/N-ethyl adjacent to an activating group) is 1. The number of benzene rings is 1. The summed E-state index contributed by atoms with van der Waals surface area (Å²) >= 11 is 0. The second kappa shape index (κ2) is 7.24. The Bertz CT molecular complexity index is 396. The molecule has 0 radical (unpaired) electrons. The molecule has 0 bridgehead atoms. The predicted octanol–water partition coefficient (Wildman–Crippen LogP) is 3.73. The number of hydrogen-bond acceptors (Lipinski definition) is 2. The molecule has 1 aromatic rings. The van der Waals surface area contributed by atoms with Crippen molar-refractivity contribution in [3.05, 3.63) is 35.4 Å². The molecule has 2 atom stereocenters. The van der Waals surface area contributed by atoms with Crippen LogP contribution in [0.5, 0.6) is 0 Å². The number of hydrogen-bond donors (Lipinski definition) is 1. The molecule has 20 heavy (non-hydrogen) atoms. The van der Waals surface area contributed by atoms with Gasteiger partial charge in [-0.2, -0.15) is 0 Å². The first-order valence-electron chi connectivity index (χ1n) is 8.21. The lowest BCUT2D eigenvalue weighted by Gasteiger charge is -2.40. The highest BCUT2D eigenvalue weighted by Crippen LogP contribution is 2.30. The zero-order chi connectivity index (χ0) is 14.5. The topological polar surface area (TPSA) is 29.3 Å². The van der Waals surface area contributed by atoms with E-state index in [2.05, 4.69) is 49.9 Å². The fourth-order valence-corrected chi connectivity index (χ4v) is 3.51. The maximum Gasteiger partial charge on any atom is 0.0176 e. The van der Waals surface area contributed by atoms with Gasteiger partial charge in [0.2, 0.25) is 0 Å². The van der Waals surface area contributed by atoms with Crippen molar-refractivity contribution < 1.29 is 0 Å². The summed E-state index contributed by atoms with van der Waals surface area (Å²) < 4.78 is 0. The quantitative estimate of drug-likeness (QED) is 0.886. The van der Waals surface area contributed by atoms with Gasteiger partial charge in [-0.05, 0) is 43.0 Å². The molecule has 2 unspecified atom stereocenters. The molecule has 0 aromatic heterocycles. The smallest absolute Gasteiger partial charge is 0.0176 e. The van der Waals surface area contributed by atoms with E-state index in [1.54, 1.807) is 0 Å². The van der Waals surface area contributed by atoms with Gasteiger partial charge in [0, 0.05) is 18.5 Å². The highest BCUT2D eigenvalue weighted by atomic mass is 15.2. The van der Waals surface area contributed by atoms with E-state index in [9.17, 15) is 0 Å². The average Bonchev–Trinajstić information content (AvgIpc) is 2.49. The lowest BCUT2D eigenvalue weighted by molar-refractivity contribution is 0.134. The Morgan fingerprint density at radius 2 is 1.80 bits per heavy atom. The molecule has 0 saturated carbocycles. The van der Waals surface area contributed by atoms with E-state index >= 15 is 0 Å². The van der Waals surface area contributed by atoms with Gasteiger partial charge < -0.3 is 10.6 Å². The molecule has 2 nitrogen and oxygen atoms in total. The van der Waals surface area contributed by atoms with Crippen LogP contribution in [0.2, 0.25) is 0 Å². The van der Waals surface area contributed by atoms with E-state index in [4.69, 9.17) is 5.73 Å². The molecular weight excluding hydrogens is 244 g/mol. The summed E-state index contributed by atoms with van der Waals surface area (Å²) in [6, 6.07) is 9.79. The molecule has 2 rings (SSSR count). The summed E-state index contributed by atoms with van der Waals surface area (Å²) in [5.74, 6) is 1.08. The molecule has 2 heteroatoms. The number of piperidine rings is 1. The second-order valence-electron chi connectivity index (χ2n) is 6.36. The monoisotopic (exact) mass is 274 g/mol. The SMILES string of the molecule is CCN1CCCCC1C(CN)c1ccc(C(C)C)cc1. The molecule has 1 aromatic carbocycles. The summed E-state index contributed by atoms with van der Waals surface area (Å²) in [4.78, 5) is 2.62. The Morgan fingerprint density at radius 3 is 2.35 bits per heavy atom. The zero-order valence-electron chi connectivity index (χ0n) is 13.3. The van der Waals surface area contributed by atoms with Gasteiger partial charge in [-0.1, -0.05) is 51.5 Å². The van der Waals surface area contributed by atoms with Crippen molar-refractivity contribution >= 4 is 0 Å². The third-order valence-corrected chi connectivity index (χ3v) is 4.82. The van der Waals surface area contributed by atoms with Crippen molar-refractivity contribution in [2.45, 2.75) is 57.9 Å².